The van der Waals surface area contributed by atoms with Crippen molar-refractivity contribution < 1.29 is 13.2 Å². The molecular formula is C16H22ClNO3S. The summed E-state index contributed by atoms with van der Waals surface area (Å²) in [4.78, 5) is 0.307. The molecule has 0 spiro atoms. The highest BCUT2D eigenvalue weighted by atomic mass is 35.5. The number of benzene rings is 1. The van der Waals surface area contributed by atoms with E-state index in [1.54, 1.807) is 29.4 Å². The van der Waals surface area contributed by atoms with Gasteiger partial charge in [0.1, 0.15) is 0 Å². The minimum atomic E-state index is -3.47. The highest BCUT2D eigenvalue weighted by Gasteiger charge is 2.30. The molecule has 22 heavy (non-hydrogen) atoms. The van der Waals surface area contributed by atoms with Gasteiger partial charge in [-0.25, -0.2) is 8.42 Å². The van der Waals surface area contributed by atoms with Gasteiger partial charge in [-0.2, -0.15) is 4.31 Å². The van der Waals surface area contributed by atoms with E-state index in [1.807, 2.05) is 0 Å². The smallest absolute Gasteiger partial charge is 0.243 e. The summed E-state index contributed by atoms with van der Waals surface area (Å²) < 4.78 is 32.5. The normalized spacial score (nSPS) is 17.5. The van der Waals surface area contributed by atoms with Gasteiger partial charge in [-0.3, -0.25) is 0 Å². The van der Waals surface area contributed by atoms with Gasteiger partial charge in [-0.1, -0.05) is 23.7 Å². The van der Waals surface area contributed by atoms with Crippen LogP contribution >= 0.6 is 11.6 Å². The van der Waals surface area contributed by atoms with Gasteiger partial charge >= 0.3 is 0 Å². The lowest BCUT2D eigenvalue weighted by atomic mass is 9.99. The van der Waals surface area contributed by atoms with E-state index in [0.717, 1.165) is 18.4 Å². The number of ether oxygens (including phenoxy) is 1. The summed E-state index contributed by atoms with van der Waals surface area (Å²) >= 11 is 5.95. The van der Waals surface area contributed by atoms with E-state index in [4.69, 9.17) is 16.3 Å². The van der Waals surface area contributed by atoms with Gasteiger partial charge in [0.15, 0.2) is 0 Å². The maximum atomic E-state index is 12.8. The molecule has 0 N–H and O–H groups in total. The molecule has 1 aliphatic heterocycles. The third-order valence-corrected chi connectivity index (χ3v) is 6.21. The molecule has 4 nitrogen and oxygen atoms in total. The van der Waals surface area contributed by atoms with Crippen LogP contribution in [0.5, 0.6) is 0 Å². The molecule has 1 aromatic rings. The lowest BCUT2D eigenvalue weighted by molar-refractivity contribution is 0.0982. The third-order valence-electron chi connectivity index (χ3n) is 3.93. The minimum Gasteiger partial charge on any atom is -0.377 e. The fourth-order valence-corrected chi connectivity index (χ4v) is 4.58. The SMILES string of the molecule is C=CCOCC1CCN(S(=O)(=O)c2cc(Cl)ccc2C)CC1. The van der Waals surface area contributed by atoms with Gasteiger partial charge < -0.3 is 4.74 Å². The molecule has 2 rings (SSSR count). The number of nitrogens with zero attached hydrogens (tertiary/aromatic N) is 1. The molecule has 6 heteroatoms. The van der Waals surface area contributed by atoms with E-state index in [2.05, 4.69) is 6.58 Å². The molecule has 0 aliphatic carbocycles. The van der Waals surface area contributed by atoms with Crippen molar-refractivity contribution in [2.24, 2.45) is 5.92 Å². The first-order chi connectivity index (χ1) is 10.4. The van der Waals surface area contributed by atoms with E-state index in [-0.39, 0.29) is 0 Å². The molecular weight excluding hydrogens is 322 g/mol. The molecule has 0 atom stereocenters. The van der Waals surface area contributed by atoms with Crippen molar-refractivity contribution in [1.82, 2.24) is 4.31 Å². The maximum absolute atomic E-state index is 12.8. The maximum Gasteiger partial charge on any atom is 0.243 e. The zero-order chi connectivity index (χ0) is 16.2. The Labute approximate surface area is 137 Å². The Kier molecular flexibility index (Phi) is 6.03. The number of rotatable bonds is 6. The van der Waals surface area contributed by atoms with E-state index in [1.165, 1.54) is 6.07 Å². The second-order valence-electron chi connectivity index (χ2n) is 5.58. The summed E-state index contributed by atoms with van der Waals surface area (Å²) in [5, 5.41) is 0.442. The number of piperidine rings is 1. The fraction of sp³-hybridized carbons (Fsp3) is 0.500. The molecule has 1 saturated heterocycles. The average molecular weight is 344 g/mol. The lowest BCUT2D eigenvalue weighted by Crippen LogP contribution is -2.39. The van der Waals surface area contributed by atoms with Crippen molar-refractivity contribution in [1.29, 1.82) is 0 Å². The predicted octanol–water partition coefficient (Wildman–Crippen LogP) is 3.25. The summed E-state index contributed by atoms with van der Waals surface area (Å²) in [7, 11) is -3.47. The Morgan fingerprint density at radius 2 is 2.09 bits per heavy atom. The molecule has 122 valence electrons. The number of hydrogen-bond donors (Lipinski definition) is 0. The van der Waals surface area contributed by atoms with E-state index in [0.29, 0.717) is 42.1 Å². The van der Waals surface area contributed by atoms with Crippen LogP contribution in [0.25, 0.3) is 0 Å². The van der Waals surface area contributed by atoms with Crippen LogP contribution in [0.2, 0.25) is 5.02 Å². The summed E-state index contributed by atoms with van der Waals surface area (Å²) in [5.74, 6) is 0.409. The standard InChI is InChI=1S/C16H22ClNO3S/c1-3-10-21-12-14-6-8-18(9-7-14)22(19,20)16-11-15(17)5-4-13(16)2/h3-5,11,14H,1,6-10,12H2,2H3. The average Bonchev–Trinajstić information content (AvgIpc) is 2.50. The van der Waals surface area contributed by atoms with Crippen LogP contribution in [-0.2, 0) is 14.8 Å². The number of hydrogen-bond acceptors (Lipinski definition) is 3. The van der Waals surface area contributed by atoms with Crippen molar-refractivity contribution in [2.75, 3.05) is 26.3 Å². The van der Waals surface area contributed by atoms with Gasteiger partial charge in [-0.05, 0) is 43.4 Å². The first kappa shape index (κ1) is 17.5. The Hall–Kier alpha value is -0.880. The Bertz CT molecular complexity index is 622. The Morgan fingerprint density at radius 1 is 1.41 bits per heavy atom. The minimum absolute atomic E-state index is 0.307. The van der Waals surface area contributed by atoms with Crippen molar-refractivity contribution >= 4 is 21.6 Å². The summed E-state index contributed by atoms with van der Waals surface area (Å²) in [6, 6.07) is 4.98. The van der Waals surface area contributed by atoms with Crippen LogP contribution in [-0.4, -0.2) is 39.0 Å². The van der Waals surface area contributed by atoms with Crippen molar-refractivity contribution in [2.45, 2.75) is 24.7 Å². The molecule has 0 amide bonds. The molecule has 1 aliphatic rings. The van der Waals surface area contributed by atoms with Crippen LogP contribution in [0.15, 0.2) is 35.7 Å². The second kappa shape index (κ2) is 7.59. The Morgan fingerprint density at radius 3 is 2.73 bits per heavy atom. The molecule has 0 aromatic heterocycles. The third kappa shape index (κ3) is 4.10. The highest BCUT2D eigenvalue weighted by Crippen LogP contribution is 2.27. The van der Waals surface area contributed by atoms with Gasteiger partial charge in [-0.15, -0.1) is 6.58 Å². The number of halogens is 1. The second-order valence-corrected chi connectivity index (χ2v) is 7.93. The van der Waals surface area contributed by atoms with Crippen LogP contribution in [0.3, 0.4) is 0 Å². The van der Waals surface area contributed by atoms with Crippen molar-refractivity contribution in [3.05, 3.63) is 41.4 Å². The Balaban J connectivity index is 2.03. The van der Waals surface area contributed by atoms with Crippen LogP contribution < -0.4 is 0 Å². The van der Waals surface area contributed by atoms with Crippen molar-refractivity contribution in [3.63, 3.8) is 0 Å². The molecule has 0 radical (unpaired) electrons. The lowest BCUT2D eigenvalue weighted by Gasteiger charge is -2.31. The highest BCUT2D eigenvalue weighted by molar-refractivity contribution is 7.89. The summed E-state index contributed by atoms with van der Waals surface area (Å²) in [6.07, 6.45) is 3.35. The first-order valence-corrected chi connectivity index (χ1v) is 9.22. The molecule has 1 aromatic carbocycles. The zero-order valence-corrected chi connectivity index (χ0v) is 14.4. The molecule has 1 fully saturated rings. The van der Waals surface area contributed by atoms with Crippen LogP contribution in [0.4, 0.5) is 0 Å². The van der Waals surface area contributed by atoms with Gasteiger partial charge in [0, 0.05) is 24.7 Å². The van der Waals surface area contributed by atoms with Gasteiger partial charge in [0.2, 0.25) is 10.0 Å². The van der Waals surface area contributed by atoms with Crippen LogP contribution in [0, 0.1) is 12.8 Å². The predicted molar refractivity (Wildman–Crippen MR) is 88.7 cm³/mol. The number of aryl methyl sites for hydroxylation is 1. The summed E-state index contributed by atoms with van der Waals surface area (Å²) in [5.41, 5.74) is 0.723. The number of sulfonamides is 1. The monoisotopic (exact) mass is 343 g/mol. The fourth-order valence-electron chi connectivity index (χ4n) is 2.63. The van der Waals surface area contributed by atoms with Crippen molar-refractivity contribution in [3.8, 4) is 0 Å². The topological polar surface area (TPSA) is 46.6 Å². The van der Waals surface area contributed by atoms with E-state index >= 15 is 0 Å². The zero-order valence-electron chi connectivity index (χ0n) is 12.8. The van der Waals surface area contributed by atoms with Gasteiger partial charge in [0.25, 0.3) is 0 Å². The molecule has 0 unspecified atom stereocenters. The summed E-state index contributed by atoms with van der Waals surface area (Å²) in [6.45, 7) is 7.66. The quantitative estimate of drug-likeness (QED) is 0.588. The van der Waals surface area contributed by atoms with Gasteiger partial charge in [0.05, 0.1) is 11.5 Å². The molecule has 1 heterocycles. The van der Waals surface area contributed by atoms with Crippen LogP contribution in [0.1, 0.15) is 18.4 Å². The first-order valence-electron chi connectivity index (χ1n) is 7.40. The molecule has 0 saturated carbocycles. The molecule has 0 bridgehead atoms. The van der Waals surface area contributed by atoms with E-state index < -0.39 is 10.0 Å². The van der Waals surface area contributed by atoms with E-state index in [9.17, 15) is 8.42 Å². The largest absolute Gasteiger partial charge is 0.377 e.